The van der Waals surface area contributed by atoms with Crippen LogP contribution in [0.1, 0.15) is 19.5 Å². The molecule has 1 rings (SSSR count). The van der Waals surface area contributed by atoms with Gasteiger partial charge in [0.25, 0.3) is 0 Å². The molecule has 3 nitrogen and oxygen atoms in total. The summed E-state index contributed by atoms with van der Waals surface area (Å²) in [7, 11) is 0. The van der Waals surface area contributed by atoms with Crippen molar-refractivity contribution in [3.8, 4) is 0 Å². The van der Waals surface area contributed by atoms with E-state index in [0.29, 0.717) is 0 Å². The lowest BCUT2D eigenvalue weighted by Crippen LogP contribution is -1.99. The lowest BCUT2D eigenvalue weighted by molar-refractivity contribution is 1.10. The summed E-state index contributed by atoms with van der Waals surface area (Å²) in [5, 5.41) is 3.19. The van der Waals surface area contributed by atoms with Crippen LogP contribution in [0.5, 0.6) is 0 Å². The van der Waals surface area contributed by atoms with Crippen LogP contribution in [0.4, 0.5) is 5.82 Å². The third-order valence-corrected chi connectivity index (χ3v) is 1.73. The number of aryl methyl sites for hydroxylation is 1. The molecule has 0 aromatic carbocycles. The molecule has 0 saturated heterocycles. The first kappa shape index (κ1) is 10.4. The maximum Gasteiger partial charge on any atom is 0.133 e. The summed E-state index contributed by atoms with van der Waals surface area (Å²) in [6, 6.07) is 1.91. The van der Waals surface area contributed by atoms with Gasteiger partial charge in [0, 0.05) is 17.5 Å². The van der Waals surface area contributed by atoms with Crippen molar-refractivity contribution < 1.29 is 0 Å². The summed E-state index contributed by atoms with van der Waals surface area (Å²) in [6.45, 7) is 5.91. The molecule has 74 valence electrons. The normalized spacial score (nSPS) is 12.1. The fourth-order valence-corrected chi connectivity index (χ4v) is 1.06. The van der Waals surface area contributed by atoms with Crippen molar-refractivity contribution >= 4 is 5.82 Å². The van der Waals surface area contributed by atoms with Crippen LogP contribution in [0, 0.1) is 6.92 Å². The van der Waals surface area contributed by atoms with E-state index in [2.05, 4.69) is 15.3 Å². The zero-order valence-corrected chi connectivity index (χ0v) is 8.78. The molecule has 3 heteroatoms. The van der Waals surface area contributed by atoms with Gasteiger partial charge in [0.05, 0.1) is 0 Å². The number of hydrogen-bond donors (Lipinski definition) is 1. The summed E-state index contributed by atoms with van der Waals surface area (Å²) < 4.78 is 0. The molecule has 0 saturated carbocycles. The van der Waals surface area contributed by atoms with Crippen molar-refractivity contribution in [1.29, 1.82) is 0 Å². The molecule has 1 aromatic rings. The minimum atomic E-state index is 0.823. The fraction of sp³-hybridized carbons (Fsp3) is 0.273. The standard InChI is InChI=1S/C11H15N3/c1-4-6-10(5-2)14-11-7-9(3)12-8-13-11/h4-8H,1-3H3,(H,12,13,14)/b6-4-,10-5+. The fourth-order valence-electron chi connectivity index (χ4n) is 1.06. The highest BCUT2D eigenvalue weighted by molar-refractivity contribution is 5.44. The van der Waals surface area contributed by atoms with E-state index in [0.717, 1.165) is 17.2 Å². The minimum absolute atomic E-state index is 0.823. The monoisotopic (exact) mass is 189 g/mol. The Morgan fingerprint density at radius 3 is 2.71 bits per heavy atom. The van der Waals surface area contributed by atoms with E-state index < -0.39 is 0 Å². The number of nitrogens with zero attached hydrogens (tertiary/aromatic N) is 2. The van der Waals surface area contributed by atoms with Gasteiger partial charge in [0.2, 0.25) is 0 Å². The van der Waals surface area contributed by atoms with Crippen LogP contribution >= 0.6 is 0 Å². The number of anilines is 1. The molecule has 0 aliphatic carbocycles. The molecule has 0 atom stereocenters. The number of rotatable bonds is 3. The Morgan fingerprint density at radius 1 is 1.36 bits per heavy atom. The van der Waals surface area contributed by atoms with Gasteiger partial charge in [-0.15, -0.1) is 0 Å². The van der Waals surface area contributed by atoms with Gasteiger partial charge in [0.1, 0.15) is 12.1 Å². The highest BCUT2D eigenvalue weighted by atomic mass is 15.0. The van der Waals surface area contributed by atoms with Crippen LogP contribution in [-0.4, -0.2) is 9.97 Å². The average molecular weight is 189 g/mol. The Bertz CT molecular complexity index is 353. The van der Waals surface area contributed by atoms with Crippen LogP contribution in [-0.2, 0) is 0 Å². The van der Waals surface area contributed by atoms with E-state index in [1.54, 1.807) is 6.33 Å². The minimum Gasteiger partial charge on any atom is -0.340 e. The van der Waals surface area contributed by atoms with E-state index >= 15 is 0 Å². The molecular weight excluding hydrogens is 174 g/mol. The van der Waals surface area contributed by atoms with Crippen LogP contribution < -0.4 is 5.32 Å². The topological polar surface area (TPSA) is 37.8 Å². The lowest BCUT2D eigenvalue weighted by Gasteiger charge is -2.05. The van der Waals surface area contributed by atoms with Crippen LogP contribution in [0.25, 0.3) is 0 Å². The molecule has 0 aliphatic heterocycles. The van der Waals surface area contributed by atoms with Crippen LogP contribution in [0.2, 0.25) is 0 Å². The van der Waals surface area contributed by atoms with Crippen molar-refractivity contribution in [1.82, 2.24) is 9.97 Å². The highest BCUT2D eigenvalue weighted by Gasteiger charge is 1.95. The molecule has 0 aliphatic rings. The highest BCUT2D eigenvalue weighted by Crippen LogP contribution is 2.07. The molecule has 1 heterocycles. The summed E-state index contributed by atoms with van der Waals surface area (Å²) in [5.74, 6) is 0.823. The molecule has 1 N–H and O–H groups in total. The van der Waals surface area contributed by atoms with Gasteiger partial charge in [0.15, 0.2) is 0 Å². The summed E-state index contributed by atoms with van der Waals surface area (Å²) in [4.78, 5) is 8.14. The van der Waals surface area contributed by atoms with Gasteiger partial charge >= 0.3 is 0 Å². The molecular formula is C11H15N3. The summed E-state index contributed by atoms with van der Waals surface area (Å²) in [5.41, 5.74) is 1.99. The predicted molar refractivity (Wildman–Crippen MR) is 59.0 cm³/mol. The number of hydrogen-bond acceptors (Lipinski definition) is 3. The first-order chi connectivity index (χ1) is 6.76. The largest absolute Gasteiger partial charge is 0.340 e. The van der Waals surface area contributed by atoms with E-state index in [4.69, 9.17) is 0 Å². The molecule has 0 bridgehead atoms. The molecule has 0 fully saturated rings. The van der Waals surface area contributed by atoms with Gasteiger partial charge in [-0.25, -0.2) is 9.97 Å². The van der Waals surface area contributed by atoms with E-state index in [-0.39, 0.29) is 0 Å². The number of nitrogens with one attached hydrogen (secondary N) is 1. The van der Waals surface area contributed by atoms with Gasteiger partial charge in [-0.05, 0) is 26.8 Å². The predicted octanol–water partition coefficient (Wildman–Crippen LogP) is 2.68. The second kappa shape index (κ2) is 5.17. The smallest absolute Gasteiger partial charge is 0.133 e. The maximum absolute atomic E-state index is 4.11. The van der Waals surface area contributed by atoms with Crippen molar-refractivity contribution in [2.45, 2.75) is 20.8 Å². The molecule has 0 unspecified atom stereocenters. The van der Waals surface area contributed by atoms with Gasteiger partial charge in [-0.1, -0.05) is 12.2 Å². The van der Waals surface area contributed by atoms with Crippen molar-refractivity contribution in [3.05, 3.63) is 42.0 Å². The van der Waals surface area contributed by atoms with E-state index in [1.165, 1.54) is 0 Å². The van der Waals surface area contributed by atoms with Crippen molar-refractivity contribution in [2.24, 2.45) is 0 Å². The van der Waals surface area contributed by atoms with Crippen LogP contribution in [0.15, 0.2) is 36.3 Å². The Morgan fingerprint density at radius 2 is 2.14 bits per heavy atom. The maximum atomic E-state index is 4.11. The van der Waals surface area contributed by atoms with Gasteiger partial charge in [-0.2, -0.15) is 0 Å². The summed E-state index contributed by atoms with van der Waals surface area (Å²) in [6.07, 6.45) is 7.53. The molecule has 0 spiro atoms. The van der Waals surface area contributed by atoms with Crippen molar-refractivity contribution in [2.75, 3.05) is 5.32 Å². The van der Waals surface area contributed by atoms with Gasteiger partial charge < -0.3 is 5.32 Å². The van der Waals surface area contributed by atoms with Crippen molar-refractivity contribution in [3.63, 3.8) is 0 Å². The Balaban J connectivity index is 2.77. The average Bonchev–Trinajstić information content (AvgIpc) is 2.17. The molecule has 0 amide bonds. The third kappa shape index (κ3) is 3.01. The summed E-state index contributed by atoms with van der Waals surface area (Å²) >= 11 is 0. The molecule has 0 radical (unpaired) electrons. The molecule has 14 heavy (non-hydrogen) atoms. The lowest BCUT2D eigenvalue weighted by atomic mass is 10.3. The SMILES string of the molecule is C/C=C\C(=C/C)Nc1cc(C)ncn1. The van der Waals surface area contributed by atoms with E-state index in [9.17, 15) is 0 Å². The number of aromatic nitrogens is 2. The second-order valence-corrected chi connectivity index (χ2v) is 2.91. The first-order valence-electron chi connectivity index (χ1n) is 4.61. The second-order valence-electron chi connectivity index (χ2n) is 2.91. The Kier molecular flexibility index (Phi) is 3.85. The third-order valence-electron chi connectivity index (χ3n) is 1.73. The quantitative estimate of drug-likeness (QED) is 0.743. The Hall–Kier alpha value is -1.64. The number of allylic oxidation sites excluding steroid dienone is 3. The zero-order valence-electron chi connectivity index (χ0n) is 8.78. The Labute approximate surface area is 84.6 Å². The van der Waals surface area contributed by atoms with Crippen LogP contribution in [0.3, 0.4) is 0 Å². The zero-order chi connectivity index (χ0) is 10.4. The van der Waals surface area contributed by atoms with E-state index in [1.807, 2.05) is 45.1 Å². The molecule has 1 aromatic heterocycles. The first-order valence-corrected chi connectivity index (χ1v) is 4.61. The van der Waals surface area contributed by atoms with Gasteiger partial charge in [-0.3, -0.25) is 0 Å².